The zero-order valence-corrected chi connectivity index (χ0v) is 7.65. The van der Waals surface area contributed by atoms with E-state index >= 15 is 0 Å². The zero-order valence-electron chi connectivity index (χ0n) is 7.65. The SMILES string of the molecule is OCc1ccc(C(F)(F)C(F)(F)F)cc1F. The van der Waals surface area contributed by atoms with Gasteiger partial charge in [-0.2, -0.15) is 22.0 Å². The van der Waals surface area contributed by atoms with Gasteiger partial charge in [-0.1, -0.05) is 12.1 Å². The first-order valence-corrected chi connectivity index (χ1v) is 4.04. The Hall–Kier alpha value is -1.24. The normalized spacial score (nSPS) is 12.9. The molecule has 0 radical (unpaired) electrons. The molecule has 7 heteroatoms. The molecule has 0 saturated heterocycles. The highest BCUT2D eigenvalue weighted by Crippen LogP contribution is 2.43. The van der Waals surface area contributed by atoms with Crippen molar-refractivity contribution in [2.75, 3.05) is 0 Å². The van der Waals surface area contributed by atoms with Gasteiger partial charge in [-0.15, -0.1) is 0 Å². The molecule has 90 valence electrons. The van der Waals surface area contributed by atoms with Crippen LogP contribution >= 0.6 is 0 Å². The summed E-state index contributed by atoms with van der Waals surface area (Å²) < 4.78 is 74.1. The van der Waals surface area contributed by atoms with Gasteiger partial charge in [0, 0.05) is 11.1 Å². The molecule has 0 heterocycles. The van der Waals surface area contributed by atoms with E-state index in [1.165, 1.54) is 0 Å². The Labute approximate surface area is 86.3 Å². The average molecular weight is 244 g/mol. The zero-order chi connectivity index (χ0) is 12.6. The smallest absolute Gasteiger partial charge is 0.392 e. The summed E-state index contributed by atoms with van der Waals surface area (Å²) in [5, 5.41) is 8.52. The van der Waals surface area contributed by atoms with Crippen molar-refractivity contribution in [2.45, 2.75) is 18.7 Å². The van der Waals surface area contributed by atoms with Crippen LogP contribution < -0.4 is 0 Å². The van der Waals surface area contributed by atoms with Crippen molar-refractivity contribution in [3.05, 3.63) is 35.1 Å². The molecule has 1 rings (SSSR count). The maximum absolute atomic E-state index is 12.9. The Bertz CT molecular complexity index is 384. The Morgan fingerprint density at radius 2 is 1.62 bits per heavy atom. The number of hydrogen-bond donors (Lipinski definition) is 1. The van der Waals surface area contributed by atoms with Crippen LogP contribution in [-0.2, 0) is 12.5 Å². The molecule has 0 bridgehead atoms. The number of aliphatic hydroxyl groups excluding tert-OH is 1. The standard InChI is InChI=1S/C9H6F6O/c10-7-3-6(2-1-5(7)4-16)8(11,12)9(13,14)15/h1-3,16H,4H2. The second-order valence-electron chi connectivity index (χ2n) is 3.04. The van der Waals surface area contributed by atoms with Crippen molar-refractivity contribution in [3.63, 3.8) is 0 Å². The van der Waals surface area contributed by atoms with Crippen LogP contribution in [0.1, 0.15) is 11.1 Å². The lowest BCUT2D eigenvalue weighted by molar-refractivity contribution is -0.289. The number of alkyl halides is 5. The molecule has 0 unspecified atom stereocenters. The Balaban J connectivity index is 3.20. The molecule has 0 aromatic heterocycles. The summed E-state index contributed by atoms with van der Waals surface area (Å²) in [5.41, 5.74) is -1.84. The second-order valence-corrected chi connectivity index (χ2v) is 3.04. The minimum Gasteiger partial charge on any atom is -0.392 e. The summed E-state index contributed by atoms with van der Waals surface area (Å²) in [5.74, 6) is -6.41. The first kappa shape index (κ1) is 12.8. The molecule has 0 aliphatic heterocycles. The first-order chi connectivity index (χ1) is 7.20. The van der Waals surface area contributed by atoms with Gasteiger partial charge in [0.1, 0.15) is 5.82 Å². The summed E-state index contributed by atoms with van der Waals surface area (Å²) in [6.45, 7) is -0.774. The van der Waals surface area contributed by atoms with E-state index in [0.717, 1.165) is 0 Å². The van der Waals surface area contributed by atoms with Crippen LogP contribution in [0.2, 0.25) is 0 Å². The van der Waals surface area contributed by atoms with Crippen LogP contribution in [0.25, 0.3) is 0 Å². The summed E-state index contributed by atoms with van der Waals surface area (Å²) in [6.07, 6.45) is -5.78. The van der Waals surface area contributed by atoms with E-state index < -0.39 is 30.1 Å². The predicted octanol–water partition coefficient (Wildman–Crippen LogP) is 2.97. The van der Waals surface area contributed by atoms with Gasteiger partial charge in [0.25, 0.3) is 0 Å². The summed E-state index contributed by atoms with van der Waals surface area (Å²) in [6, 6.07) is 1.19. The first-order valence-electron chi connectivity index (χ1n) is 4.04. The molecular formula is C9H6F6O. The lowest BCUT2D eigenvalue weighted by atomic mass is 10.1. The van der Waals surface area contributed by atoms with E-state index in [9.17, 15) is 26.3 Å². The van der Waals surface area contributed by atoms with Gasteiger partial charge < -0.3 is 5.11 Å². The van der Waals surface area contributed by atoms with Crippen LogP contribution in [0.4, 0.5) is 26.3 Å². The molecule has 0 amide bonds. The molecule has 0 saturated carbocycles. The van der Waals surface area contributed by atoms with Gasteiger partial charge >= 0.3 is 12.1 Å². The number of rotatable bonds is 2. The maximum atomic E-state index is 12.9. The van der Waals surface area contributed by atoms with Crippen molar-refractivity contribution in [1.82, 2.24) is 0 Å². The summed E-state index contributed by atoms with van der Waals surface area (Å²) in [4.78, 5) is 0. The van der Waals surface area contributed by atoms with E-state index in [0.29, 0.717) is 12.1 Å². The fourth-order valence-electron chi connectivity index (χ4n) is 1.03. The highest BCUT2D eigenvalue weighted by Gasteiger charge is 2.58. The van der Waals surface area contributed by atoms with Crippen LogP contribution in [0, 0.1) is 5.82 Å². The highest BCUT2D eigenvalue weighted by atomic mass is 19.4. The number of benzene rings is 1. The van der Waals surface area contributed by atoms with Crippen LogP contribution in [0.5, 0.6) is 0 Å². The second kappa shape index (κ2) is 3.97. The molecule has 0 spiro atoms. The van der Waals surface area contributed by atoms with E-state index in [1.807, 2.05) is 0 Å². The molecule has 0 fully saturated rings. The molecule has 0 atom stereocenters. The van der Waals surface area contributed by atoms with Gasteiger partial charge in [-0.3, -0.25) is 0 Å². The Kier molecular flexibility index (Phi) is 3.18. The van der Waals surface area contributed by atoms with Crippen LogP contribution in [-0.4, -0.2) is 11.3 Å². The lowest BCUT2D eigenvalue weighted by Crippen LogP contribution is -2.33. The average Bonchev–Trinajstić information content (AvgIpc) is 2.15. The minimum atomic E-state index is -5.78. The van der Waals surface area contributed by atoms with Crippen molar-refractivity contribution < 1.29 is 31.4 Å². The topological polar surface area (TPSA) is 20.2 Å². The van der Waals surface area contributed by atoms with Crippen molar-refractivity contribution in [3.8, 4) is 0 Å². The summed E-state index contributed by atoms with van der Waals surface area (Å²) >= 11 is 0. The van der Waals surface area contributed by atoms with E-state index in [-0.39, 0.29) is 11.6 Å². The molecule has 1 nitrogen and oxygen atoms in total. The van der Waals surface area contributed by atoms with Gasteiger partial charge in [0.05, 0.1) is 6.61 Å². The fourth-order valence-corrected chi connectivity index (χ4v) is 1.03. The van der Waals surface area contributed by atoms with Crippen LogP contribution in [0.3, 0.4) is 0 Å². The van der Waals surface area contributed by atoms with Crippen LogP contribution in [0.15, 0.2) is 18.2 Å². The van der Waals surface area contributed by atoms with Crippen molar-refractivity contribution >= 4 is 0 Å². The third kappa shape index (κ3) is 2.13. The Morgan fingerprint density at radius 3 is 2.00 bits per heavy atom. The minimum absolute atomic E-state index is 0.0685. The maximum Gasteiger partial charge on any atom is 0.458 e. The van der Waals surface area contributed by atoms with Gasteiger partial charge in [-0.25, -0.2) is 4.39 Å². The number of aliphatic hydroxyl groups is 1. The van der Waals surface area contributed by atoms with E-state index in [4.69, 9.17) is 5.11 Å². The Morgan fingerprint density at radius 1 is 1.06 bits per heavy atom. The van der Waals surface area contributed by atoms with E-state index in [2.05, 4.69) is 0 Å². The van der Waals surface area contributed by atoms with Gasteiger partial charge in [0.15, 0.2) is 0 Å². The summed E-state index contributed by atoms with van der Waals surface area (Å²) in [7, 11) is 0. The highest BCUT2D eigenvalue weighted by molar-refractivity contribution is 5.28. The van der Waals surface area contributed by atoms with E-state index in [1.54, 1.807) is 0 Å². The third-order valence-corrected chi connectivity index (χ3v) is 1.94. The lowest BCUT2D eigenvalue weighted by Gasteiger charge is -2.20. The molecule has 1 aromatic rings. The fraction of sp³-hybridized carbons (Fsp3) is 0.333. The largest absolute Gasteiger partial charge is 0.458 e. The number of halogens is 6. The molecular weight excluding hydrogens is 238 g/mol. The monoisotopic (exact) mass is 244 g/mol. The molecule has 1 N–H and O–H groups in total. The molecule has 0 aliphatic carbocycles. The van der Waals surface area contributed by atoms with Crippen molar-refractivity contribution in [2.24, 2.45) is 0 Å². The van der Waals surface area contributed by atoms with Crippen molar-refractivity contribution in [1.29, 1.82) is 0 Å². The quantitative estimate of drug-likeness (QED) is 0.793. The molecule has 0 aliphatic rings. The van der Waals surface area contributed by atoms with Gasteiger partial charge in [-0.05, 0) is 6.07 Å². The number of hydrogen-bond acceptors (Lipinski definition) is 1. The van der Waals surface area contributed by atoms with Gasteiger partial charge in [0.2, 0.25) is 0 Å². The molecule has 16 heavy (non-hydrogen) atoms. The third-order valence-electron chi connectivity index (χ3n) is 1.94. The predicted molar refractivity (Wildman–Crippen MR) is 42.3 cm³/mol. The molecule has 1 aromatic carbocycles.